The van der Waals surface area contributed by atoms with Crippen molar-refractivity contribution in [3.63, 3.8) is 0 Å². The lowest BCUT2D eigenvalue weighted by Gasteiger charge is -2.42. The Labute approximate surface area is 191 Å². The molecule has 1 aliphatic heterocycles. The van der Waals surface area contributed by atoms with Crippen LogP contribution in [0.25, 0.3) is 0 Å². The molecule has 1 aromatic heterocycles. The predicted molar refractivity (Wildman–Crippen MR) is 123 cm³/mol. The van der Waals surface area contributed by atoms with Crippen LogP contribution in [0.1, 0.15) is 43.4 Å². The summed E-state index contributed by atoms with van der Waals surface area (Å²) in [5.41, 5.74) is -0.112. The molecule has 166 valence electrons. The molecule has 3 N–H and O–H groups in total. The van der Waals surface area contributed by atoms with Crippen LogP contribution in [-0.2, 0) is 22.3 Å². The van der Waals surface area contributed by atoms with E-state index in [1.165, 1.54) is 30.3 Å². The largest absolute Gasteiger partial charge is 0.366 e. The lowest BCUT2D eigenvalue weighted by Crippen LogP contribution is -2.51. The van der Waals surface area contributed by atoms with Gasteiger partial charge in [-0.3, -0.25) is 9.98 Å². The number of hydrogen-bond donors (Lipinski definition) is 2. The molecule has 10 heteroatoms. The fraction of sp³-hybridized carbons (Fsp3) is 0.429. The van der Waals surface area contributed by atoms with Crippen LogP contribution >= 0.6 is 23.4 Å². The van der Waals surface area contributed by atoms with Crippen molar-refractivity contribution in [3.05, 3.63) is 58.9 Å². The van der Waals surface area contributed by atoms with Gasteiger partial charge in [0.05, 0.1) is 23.0 Å². The number of thioether (sulfide) groups is 1. The van der Waals surface area contributed by atoms with Gasteiger partial charge in [-0.15, -0.1) is 0 Å². The fourth-order valence-electron chi connectivity index (χ4n) is 4.21. The summed E-state index contributed by atoms with van der Waals surface area (Å²) >= 11 is 7.54. The third-order valence-electron chi connectivity index (χ3n) is 5.75. The van der Waals surface area contributed by atoms with E-state index in [4.69, 9.17) is 21.7 Å². The van der Waals surface area contributed by atoms with Gasteiger partial charge in [0.15, 0.2) is 10.9 Å². The van der Waals surface area contributed by atoms with Crippen LogP contribution < -0.4 is 5.14 Å². The second kappa shape index (κ2) is 9.07. The number of nitrogens with zero attached hydrogens (tertiary/aromatic N) is 3. The summed E-state index contributed by atoms with van der Waals surface area (Å²) in [4.78, 5) is 10.9. The molecule has 1 atom stereocenters. The number of pyridine rings is 1. The summed E-state index contributed by atoms with van der Waals surface area (Å²) in [5, 5.41) is 18.0. The Balaban J connectivity index is 1.73. The van der Waals surface area contributed by atoms with E-state index in [-0.39, 0.29) is 16.0 Å². The molecule has 0 radical (unpaired) electrons. The first-order chi connectivity index (χ1) is 14.8. The molecule has 2 aliphatic rings. The maximum Gasteiger partial charge on any atom is 0.239 e. The zero-order chi connectivity index (χ0) is 22.1. The van der Waals surface area contributed by atoms with Crippen molar-refractivity contribution >= 4 is 38.6 Å². The fourth-order valence-corrected chi connectivity index (χ4v) is 6.52. The molecule has 0 amide bonds. The van der Waals surface area contributed by atoms with Gasteiger partial charge < -0.3 is 10.0 Å². The molecule has 4 rings (SSSR count). The Bertz CT molecular complexity index is 1080. The number of aliphatic hydroxyl groups is 1. The third-order valence-corrected chi connectivity index (χ3v) is 8.27. The van der Waals surface area contributed by atoms with Crippen molar-refractivity contribution in [2.75, 3.05) is 5.75 Å². The number of aliphatic imine (C=N–C) groups is 1. The second-order valence-corrected chi connectivity index (χ2v) is 10.8. The highest BCUT2D eigenvalue weighted by atomic mass is 35.5. The summed E-state index contributed by atoms with van der Waals surface area (Å²) in [7, 11) is -4.02. The Hall–Kier alpha value is -1.65. The van der Waals surface area contributed by atoms with E-state index in [2.05, 4.69) is 4.98 Å². The number of hydrogen-bond acceptors (Lipinski definition) is 6. The molecule has 2 fully saturated rings. The van der Waals surface area contributed by atoms with Gasteiger partial charge >= 0.3 is 0 Å². The van der Waals surface area contributed by atoms with Crippen LogP contribution in [0, 0.1) is 0 Å². The number of halogens is 1. The Kier molecular flexibility index (Phi) is 6.60. The van der Waals surface area contributed by atoms with Gasteiger partial charge in [-0.25, -0.2) is 13.6 Å². The van der Waals surface area contributed by atoms with Crippen molar-refractivity contribution < 1.29 is 13.5 Å². The first kappa shape index (κ1) is 22.5. The number of primary sulfonamides is 1. The molecule has 1 aromatic carbocycles. The zero-order valence-corrected chi connectivity index (χ0v) is 19.3. The topological polar surface area (TPSA) is 109 Å². The standard InChI is InChI=1S/C21H25ClN4O3S2/c22-18-10-9-15(12-19(18)31(23,28)29)21(27)14-30-20(25-13-16-6-4-5-11-24-16)26(21)17-7-2-1-3-8-17/h4-6,9-12,17,27H,1-3,7-8,13-14H2,(H2,23,28,29). The summed E-state index contributed by atoms with van der Waals surface area (Å²) < 4.78 is 24.0. The van der Waals surface area contributed by atoms with Crippen LogP contribution in [0.2, 0.25) is 5.02 Å². The van der Waals surface area contributed by atoms with Crippen LogP contribution in [0.3, 0.4) is 0 Å². The number of aromatic nitrogens is 1. The van der Waals surface area contributed by atoms with Gasteiger partial charge in [0.2, 0.25) is 10.0 Å². The molecule has 2 aromatic rings. The summed E-state index contributed by atoms with van der Waals surface area (Å²) in [6.45, 7) is 0.408. The number of nitrogens with two attached hydrogens (primary N) is 1. The highest BCUT2D eigenvalue weighted by Crippen LogP contribution is 2.44. The Morgan fingerprint density at radius 2 is 2.03 bits per heavy atom. The van der Waals surface area contributed by atoms with Crippen molar-refractivity contribution in [1.29, 1.82) is 0 Å². The van der Waals surface area contributed by atoms with Gasteiger partial charge in [0.25, 0.3) is 0 Å². The first-order valence-corrected chi connectivity index (χ1v) is 13.1. The van der Waals surface area contributed by atoms with Crippen LogP contribution in [0.4, 0.5) is 0 Å². The smallest absolute Gasteiger partial charge is 0.239 e. The zero-order valence-electron chi connectivity index (χ0n) is 16.9. The monoisotopic (exact) mass is 480 g/mol. The van der Waals surface area contributed by atoms with Crippen LogP contribution in [0.15, 0.2) is 52.5 Å². The van der Waals surface area contributed by atoms with Crippen LogP contribution in [0.5, 0.6) is 0 Å². The molecule has 1 unspecified atom stereocenters. The van der Waals surface area contributed by atoms with Gasteiger partial charge in [0.1, 0.15) is 4.90 Å². The molecular formula is C21H25ClN4O3S2. The molecular weight excluding hydrogens is 456 g/mol. The molecule has 0 spiro atoms. The van der Waals surface area contributed by atoms with Crippen molar-refractivity contribution in [2.45, 2.75) is 55.3 Å². The number of amidine groups is 1. The van der Waals surface area contributed by atoms with E-state index in [0.29, 0.717) is 17.9 Å². The molecule has 1 saturated carbocycles. The molecule has 7 nitrogen and oxygen atoms in total. The second-order valence-electron chi connectivity index (χ2n) is 7.88. The summed E-state index contributed by atoms with van der Waals surface area (Å²) in [6, 6.07) is 10.3. The molecule has 31 heavy (non-hydrogen) atoms. The molecule has 1 saturated heterocycles. The van der Waals surface area contributed by atoms with E-state index in [0.717, 1.165) is 36.5 Å². The van der Waals surface area contributed by atoms with E-state index in [9.17, 15) is 13.5 Å². The third kappa shape index (κ3) is 4.75. The Morgan fingerprint density at radius 3 is 2.71 bits per heavy atom. The molecule has 2 heterocycles. The highest BCUT2D eigenvalue weighted by Gasteiger charge is 2.48. The summed E-state index contributed by atoms with van der Waals surface area (Å²) in [5.74, 6) is 0.330. The highest BCUT2D eigenvalue weighted by molar-refractivity contribution is 8.14. The average Bonchev–Trinajstić information content (AvgIpc) is 3.10. The van der Waals surface area contributed by atoms with Gasteiger partial charge in [-0.2, -0.15) is 0 Å². The van der Waals surface area contributed by atoms with Crippen molar-refractivity contribution in [2.24, 2.45) is 10.1 Å². The quantitative estimate of drug-likeness (QED) is 0.678. The normalized spacial score (nSPS) is 24.1. The maximum absolute atomic E-state index is 12.0. The average molecular weight is 481 g/mol. The lowest BCUT2D eigenvalue weighted by molar-refractivity contribution is -0.0736. The molecule has 0 bridgehead atoms. The minimum Gasteiger partial charge on any atom is -0.366 e. The van der Waals surface area contributed by atoms with Crippen LogP contribution in [-0.4, -0.2) is 40.4 Å². The minimum atomic E-state index is -4.02. The SMILES string of the molecule is NS(=O)(=O)c1cc(C2(O)CSC(=NCc3ccccn3)N2C2CCCCC2)ccc1Cl. The minimum absolute atomic E-state index is 0.0359. The van der Waals surface area contributed by atoms with Crippen molar-refractivity contribution in [1.82, 2.24) is 9.88 Å². The lowest BCUT2D eigenvalue weighted by atomic mass is 9.91. The number of benzene rings is 1. The molecule has 1 aliphatic carbocycles. The summed E-state index contributed by atoms with van der Waals surface area (Å²) in [6.07, 6.45) is 6.96. The van der Waals surface area contributed by atoms with E-state index >= 15 is 0 Å². The van der Waals surface area contributed by atoms with Gasteiger partial charge in [-0.05, 0) is 37.1 Å². The van der Waals surface area contributed by atoms with Gasteiger partial charge in [0, 0.05) is 17.8 Å². The Morgan fingerprint density at radius 1 is 1.26 bits per heavy atom. The number of sulfonamides is 1. The van der Waals surface area contributed by atoms with E-state index in [1.807, 2.05) is 23.1 Å². The van der Waals surface area contributed by atoms with Gasteiger partial charge in [-0.1, -0.05) is 54.8 Å². The first-order valence-electron chi connectivity index (χ1n) is 10.2. The van der Waals surface area contributed by atoms with E-state index < -0.39 is 15.7 Å². The number of rotatable bonds is 5. The predicted octanol–water partition coefficient (Wildman–Crippen LogP) is 3.47. The van der Waals surface area contributed by atoms with Crippen molar-refractivity contribution in [3.8, 4) is 0 Å². The van der Waals surface area contributed by atoms with E-state index in [1.54, 1.807) is 12.3 Å². The maximum atomic E-state index is 12.0.